The van der Waals surface area contributed by atoms with Gasteiger partial charge in [-0.1, -0.05) is 6.07 Å². The number of sulfonamides is 1. The normalized spacial score (nSPS) is 11.4. The fourth-order valence-electron chi connectivity index (χ4n) is 1.77. The van der Waals surface area contributed by atoms with Gasteiger partial charge >= 0.3 is 0 Å². The molecule has 1 aromatic heterocycles. The molecule has 0 saturated heterocycles. The SMILES string of the molecule is CNCc1ccc(F)cc1S(=O)(=O)Nc1ccncc1Br. The van der Waals surface area contributed by atoms with E-state index in [1.54, 1.807) is 7.05 Å². The van der Waals surface area contributed by atoms with Crippen molar-refractivity contribution in [3.05, 3.63) is 52.5 Å². The van der Waals surface area contributed by atoms with Crippen molar-refractivity contribution in [2.75, 3.05) is 11.8 Å². The molecule has 1 heterocycles. The molecule has 0 saturated carbocycles. The van der Waals surface area contributed by atoms with E-state index in [2.05, 4.69) is 31.0 Å². The van der Waals surface area contributed by atoms with E-state index < -0.39 is 15.8 Å². The van der Waals surface area contributed by atoms with Crippen molar-refractivity contribution < 1.29 is 12.8 Å². The number of hydrogen-bond acceptors (Lipinski definition) is 4. The second-order valence-corrected chi connectivity index (χ2v) is 6.75. The summed E-state index contributed by atoms with van der Waals surface area (Å²) in [6, 6.07) is 5.19. The van der Waals surface area contributed by atoms with E-state index >= 15 is 0 Å². The van der Waals surface area contributed by atoms with Gasteiger partial charge in [0, 0.05) is 18.9 Å². The maximum atomic E-state index is 13.4. The predicted molar refractivity (Wildman–Crippen MR) is 81.9 cm³/mol. The molecule has 8 heteroatoms. The Hall–Kier alpha value is -1.51. The number of anilines is 1. The maximum Gasteiger partial charge on any atom is 0.262 e. The molecule has 21 heavy (non-hydrogen) atoms. The third-order valence-corrected chi connectivity index (χ3v) is 4.78. The van der Waals surface area contributed by atoms with E-state index in [1.807, 2.05) is 0 Å². The molecule has 0 amide bonds. The summed E-state index contributed by atoms with van der Waals surface area (Å²) in [5.74, 6) is -0.607. The Bertz CT molecular complexity index is 753. The third kappa shape index (κ3) is 3.78. The highest BCUT2D eigenvalue weighted by atomic mass is 79.9. The van der Waals surface area contributed by atoms with Gasteiger partial charge in [0.15, 0.2) is 0 Å². The topological polar surface area (TPSA) is 71.1 Å². The first-order chi connectivity index (χ1) is 9.94. The molecular weight excluding hydrogens is 361 g/mol. The molecule has 0 aliphatic heterocycles. The Morgan fingerprint density at radius 2 is 2.10 bits per heavy atom. The van der Waals surface area contributed by atoms with Crippen molar-refractivity contribution in [1.29, 1.82) is 0 Å². The van der Waals surface area contributed by atoms with Crippen LogP contribution in [-0.2, 0) is 16.6 Å². The molecule has 0 unspecified atom stereocenters. The Morgan fingerprint density at radius 3 is 2.76 bits per heavy atom. The minimum Gasteiger partial charge on any atom is -0.316 e. The van der Waals surface area contributed by atoms with Crippen LogP contribution in [0, 0.1) is 5.82 Å². The Morgan fingerprint density at radius 1 is 1.33 bits per heavy atom. The zero-order valence-electron chi connectivity index (χ0n) is 11.1. The standard InChI is InChI=1S/C13H13BrFN3O2S/c1-16-7-9-2-3-10(15)6-13(9)21(19,20)18-12-4-5-17-8-11(12)14/h2-6,8,16H,7H2,1H3,(H,17,18). The van der Waals surface area contributed by atoms with Crippen molar-refractivity contribution >= 4 is 31.6 Å². The highest BCUT2D eigenvalue weighted by Gasteiger charge is 2.20. The van der Waals surface area contributed by atoms with Gasteiger partial charge in [-0.2, -0.15) is 0 Å². The quantitative estimate of drug-likeness (QED) is 0.844. The third-order valence-electron chi connectivity index (χ3n) is 2.70. The monoisotopic (exact) mass is 373 g/mol. The Kier molecular flexibility index (Phi) is 4.92. The van der Waals surface area contributed by atoms with Gasteiger partial charge in [-0.05, 0) is 46.7 Å². The van der Waals surface area contributed by atoms with Crippen molar-refractivity contribution in [2.45, 2.75) is 11.4 Å². The average Bonchev–Trinajstić information content (AvgIpc) is 2.43. The van der Waals surface area contributed by atoms with Crippen molar-refractivity contribution in [3.8, 4) is 0 Å². The lowest BCUT2D eigenvalue weighted by molar-refractivity contribution is 0.592. The summed E-state index contributed by atoms with van der Waals surface area (Å²) in [5, 5.41) is 2.86. The molecule has 1 aromatic carbocycles. The van der Waals surface area contributed by atoms with E-state index in [1.165, 1.54) is 30.6 Å². The molecule has 0 spiro atoms. The Balaban J connectivity index is 2.44. The zero-order chi connectivity index (χ0) is 15.5. The van der Waals surface area contributed by atoms with E-state index in [0.717, 1.165) is 6.07 Å². The van der Waals surface area contributed by atoms with Gasteiger partial charge in [0.2, 0.25) is 0 Å². The summed E-state index contributed by atoms with van der Waals surface area (Å²) in [4.78, 5) is 3.76. The minimum atomic E-state index is -3.90. The first kappa shape index (κ1) is 15.9. The average molecular weight is 374 g/mol. The van der Waals surface area contributed by atoms with Gasteiger partial charge in [-0.3, -0.25) is 9.71 Å². The van der Waals surface area contributed by atoms with Crippen LogP contribution >= 0.6 is 15.9 Å². The van der Waals surface area contributed by atoms with Crippen molar-refractivity contribution in [3.63, 3.8) is 0 Å². The first-order valence-electron chi connectivity index (χ1n) is 5.99. The van der Waals surface area contributed by atoms with Crippen LogP contribution < -0.4 is 10.0 Å². The van der Waals surface area contributed by atoms with Crippen LogP contribution in [-0.4, -0.2) is 20.4 Å². The molecule has 5 nitrogen and oxygen atoms in total. The summed E-state index contributed by atoms with van der Waals surface area (Å²) < 4.78 is 41.2. The van der Waals surface area contributed by atoms with Gasteiger partial charge in [0.25, 0.3) is 10.0 Å². The van der Waals surface area contributed by atoms with Crippen LogP contribution in [0.25, 0.3) is 0 Å². The van der Waals surface area contributed by atoms with Crippen LogP contribution in [0.1, 0.15) is 5.56 Å². The number of rotatable bonds is 5. The number of halogens is 2. The second-order valence-electron chi connectivity index (χ2n) is 4.24. The van der Waals surface area contributed by atoms with E-state index in [4.69, 9.17) is 0 Å². The molecule has 0 aliphatic carbocycles. The Labute approximate surface area is 130 Å². The van der Waals surface area contributed by atoms with Crippen molar-refractivity contribution in [1.82, 2.24) is 10.3 Å². The predicted octanol–water partition coefficient (Wildman–Crippen LogP) is 2.50. The van der Waals surface area contributed by atoms with E-state index in [-0.39, 0.29) is 4.90 Å². The number of hydrogen-bond donors (Lipinski definition) is 2. The molecule has 2 rings (SSSR count). The molecule has 2 N–H and O–H groups in total. The molecule has 0 fully saturated rings. The summed E-state index contributed by atoms with van der Waals surface area (Å²) in [5.41, 5.74) is 0.821. The van der Waals surface area contributed by atoms with Crippen LogP contribution in [0.3, 0.4) is 0 Å². The van der Waals surface area contributed by atoms with E-state index in [9.17, 15) is 12.8 Å². The van der Waals surface area contributed by atoms with Gasteiger partial charge < -0.3 is 5.32 Å². The number of benzene rings is 1. The number of pyridine rings is 1. The lowest BCUT2D eigenvalue weighted by Crippen LogP contribution is -2.18. The van der Waals surface area contributed by atoms with Crippen molar-refractivity contribution in [2.24, 2.45) is 0 Å². The van der Waals surface area contributed by atoms with Crippen LogP contribution in [0.15, 0.2) is 46.0 Å². The lowest BCUT2D eigenvalue weighted by atomic mass is 10.2. The number of nitrogens with one attached hydrogen (secondary N) is 2. The molecule has 112 valence electrons. The number of nitrogens with zero attached hydrogens (tertiary/aromatic N) is 1. The molecule has 2 aromatic rings. The molecular formula is C13H13BrFN3O2S. The largest absolute Gasteiger partial charge is 0.316 e. The van der Waals surface area contributed by atoms with E-state index in [0.29, 0.717) is 22.3 Å². The smallest absolute Gasteiger partial charge is 0.262 e. The zero-order valence-corrected chi connectivity index (χ0v) is 13.5. The molecule has 0 radical (unpaired) electrons. The van der Waals surface area contributed by atoms with Gasteiger partial charge in [-0.15, -0.1) is 0 Å². The highest BCUT2D eigenvalue weighted by Crippen LogP contribution is 2.25. The van der Waals surface area contributed by atoms with Gasteiger partial charge in [-0.25, -0.2) is 12.8 Å². The molecule has 0 bridgehead atoms. The fourth-order valence-corrected chi connectivity index (χ4v) is 3.58. The minimum absolute atomic E-state index is 0.0967. The van der Waals surface area contributed by atoms with Crippen LogP contribution in [0.4, 0.5) is 10.1 Å². The summed E-state index contributed by atoms with van der Waals surface area (Å²) >= 11 is 3.21. The molecule has 0 aliphatic rings. The van der Waals surface area contributed by atoms with Gasteiger partial charge in [0.05, 0.1) is 15.1 Å². The van der Waals surface area contributed by atoms with Gasteiger partial charge in [0.1, 0.15) is 5.82 Å². The summed E-state index contributed by atoms with van der Waals surface area (Å²) in [7, 11) is -2.21. The first-order valence-corrected chi connectivity index (χ1v) is 8.27. The summed E-state index contributed by atoms with van der Waals surface area (Å²) in [6.45, 7) is 0.314. The summed E-state index contributed by atoms with van der Waals surface area (Å²) in [6.07, 6.45) is 2.93. The fraction of sp³-hybridized carbons (Fsp3) is 0.154. The number of aromatic nitrogens is 1. The highest BCUT2D eigenvalue weighted by molar-refractivity contribution is 9.10. The van der Waals surface area contributed by atoms with Crippen LogP contribution in [0.2, 0.25) is 0 Å². The van der Waals surface area contributed by atoms with Crippen LogP contribution in [0.5, 0.6) is 0 Å². The lowest BCUT2D eigenvalue weighted by Gasteiger charge is -2.13. The second kappa shape index (κ2) is 6.50. The molecule has 0 atom stereocenters. The maximum absolute atomic E-state index is 13.4.